The topological polar surface area (TPSA) is 34.1 Å². The Labute approximate surface area is 155 Å². The van der Waals surface area contributed by atoms with Gasteiger partial charge in [0, 0.05) is 0 Å². The molecule has 3 heteroatoms. The van der Waals surface area contributed by atoms with E-state index in [2.05, 4.69) is 60.3 Å². The van der Waals surface area contributed by atoms with Crippen LogP contribution in [0.3, 0.4) is 0 Å². The Balaban J connectivity index is 3.32. The zero-order valence-corrected chi connectivity index (χ0v) is 17.7. The molecular weight excluding hydrogens is 328 g/mol. The fraction of sp³-hybridized carbons (Fsp3) is 0.636. The van der Waals surface area contributed by atoms with Crippen molar-refractivity contribution in [1.29, 1.82) is 0 Å². The van der Waals surface area contributed by atoms with E-state index in [1.807, 2.05) is 6.08 Å². The van der Waals surface area contributed by atoms with Gasteiger partial charge < -0.3 is 0 Å². The second kappa shape index (κ2) is 9.56. The standard InChI is InChI=1S/C22H36O2S/c1-8-9-10-11-12-13-25(23,24)22-20(17(4)5)14-19(16(2)3)15-21(22)18(6)7/h8,14-18H,1,9-13H2,2-7H3. The predicted octanol–water partition coefficient (Wildman–Crippen LogP) is 6.58. The summed E-state index contributed by atoms with van der Waals surface area (Å²) in [5.41, 5.74) is 3.21. The highest BCUT2D eigenvalue weighted by Gasteiger charge is 2.26. The molecule has 1 aromatic rings. The normalized spacial score (nSPS) is 12.4. The highest BCUT2D eigenvalue weighted by atomic mass is 32.2. The molecule has 2 nitrogen and oxygen atoms in total. The van der Waals surface area contributed by atoms with Gasteiger partial charge in [0.25, 0.3) is 0 Å². The van der Waals surface area contributed by atoms with Crippen LogP contribution in [0.2, 0.25) is 0 Å². The van der Waals surface area contributed by atoms with Crippen LogP contribution in [0, 0.1) is 0 Å². The molecule has 0 amide bonds. The van der Waals surface area contributed by atoms with Gasteiger partial charge in [-0.15, -0.1) is 6.58 Å². The quantitative estimate of drug-likeness (QED) is 0.347. The van der Waals surface area contributed by atoms with E-state index in [0.29, 0.717) is 10.8 Å². The third kappa shape index (κ3) is 5.99. The predicted molar refractivity (Wildman–Crippen MR) is 109 cm³/mol. The number of hydrogen-bond donors (Lipinski definition) is 0. The van der Waals surface area contributed by atoms with Crippen molar-refractivity contribution in [2.24, 2.45) is 0 Å². The number of hydrogen-bond acceptors (Lipinski definition) is 2. The van der Waals surface area contributed by atoms with E-state index in [1.165, 1.54) is 5.56 Å². The summed E-state index contributed by atoms with van der Waals surface area (Å²) in [6.07, 6.45) is 5.52. The Hall–Kier alpha value is -1.09. The van der Waals surface area contributed by atoms with Crippen LogP contribution in [0.25, 0.3) is 0 Å². The van der Waals surface area contributed by atoms with E-state index in [4.69, 9.17) is 0 Å². The van der Waals surface area contributed by atoms with E-state index < -0.39 is 9.84 Å². The first-order valence-corrected chi connectivity index (χ1v) is 11.3. The molecule has 0 bridgehead atoms. The van der Waals surface area contributed by atoms with Gasteiger partial charge in [-0.05, 0) is 53.7 Å². The van der Waals surface area contributed by atoms with Crippen LogP contribution < -0.4 is 0 Å². The SMILES string of the molecule is C=CCCCCCS(=O)(=O)c1c(C(C)C)cc(C(C)C)cc1C(C)C. The molecule has 0 N–H and O–H groups in total. The molecule has 0 aliphatic heterocycles. The summed E-state index contributed by atoms with van der Waals surface area (Å²) in [5.74, 6) is 1.03. The van der Waals surface area contributed by atoms with Crippen LogP contribution in [-0.2, 0) is 9.84 Å². The summed E-state index contributed by atoms with van der Waals surface area (Å²) in [6, 6.07) is 4.23. The van der Waals surface area contributed by atoms with Crippen molar-refractivity contribution in [2.75, 3.05) is 5.75 Å². The molecule has 0 unspecified atom stereocenters. The maximum Gasteiger partial charge on any atom is 0.178 e. The van der Waals surface area contributed by atoms with Gasteiger partial charge >= 0.3 is 0 Å². The van der Waals surface area contributed by atoms with Gasteiger partial charge in [0.05, 0.1) is 10.6 Å². The van der Waals surface area contributed by atoms with Crippen molar-refractivity contribution < 1.29 is 8.42 Å². The molecule has 0 aliphatic rings. The summed E-state index contributed by atoms with van der Waals surface area (Å²) < 4.78 is 26.4. The number of rotatable bonds is 10. The lowest BCUT2D eigenvalue weighted by molar-refractivity contribution is 0.584. The van der Waals surface area contributed by atoms with Gasteiger partial charge in [-0.1, -0.05) is 66.2 Å². The molecule has 0 radical (unpaired) electrons. The number of benzene rings is 1. The molecule has 0 aliphatic carbocycles. The van der Waals surface area contributed by atoms with Crippen molar-refractivity contribution >= 4 is 9.84 Å². The second-order valence-corrected chi connectivity index (χ2v) is 10.00. The summed E-state index contributed by atoms with van der Waals surface area (Å²) in [4.78, 5) is 0.602. The molecular formula is C22H36O2S. The molecule has 142 valence electrons. The van der Waals surface area contributed by atoms with Crippen molar-refractivity contribution in [3.8, 4) is 0 Å². The van der Waals surface area contributed by atoms with Crippen LogP contribution in [0.15, 0.2) is 29.7 Å². The van der Waals surface area contributed by atoms with E-state index in [-0.39, 0.29) is 17.6 Å². The molecule has 0 heterocycles. The van der Waals surface area contributed by atoms with Crippen molar-refractivity contribution in [3.05, 3.63) is 41.5 Å². The van der Waals surface area contributed by atoms with E-state index in [9.17, 15) is 8.42 Å². The Morgan fingerprint density at radius 3 is 1.80 bits per heavy atom. The average molecular weight is 365 g/mol. The largest absolute Gasteiger partial charge is 0.224 e. The van der Waals surface area contributed by atoms with Gasteiger partial charge in [0.1, 0.15) is 0 Å². The second-order valence-electron chi connectivity index (χ2n) is 7.95. The fourth-order valence-electron chi connectivity index (χ4n) is 3.11. The van der Waals surface area contributed by atoms with Crippen molar-refractivity contribution in [2.45, 2.75) is 89.9 Å². The molecule has 1 rings (SSSR count). The van der Waals surface area contributed by atoms with Crippen LogP contribution in [-0.4, -0.2) is 14.2 Å². The Morgan fingerprint density at radius 2 is 1.40 bits per heavy atom. The zero-order valence-electron chi connectivity index (χ0n) is 16.9. The van der Waals surface area contributed by atoms with Crippen molar-refractivity contribution in [1.82, 2.24) is 0 Å². The molecule has 0 aromatic heterocycles. The minimum absolute atomic E-state index is 0.196. The first kappa shape index (κ1) is 22.0. The third-order valence-electron chi connectivity index (χ3n) is 4.71. The lowest BCUT2D eigenvalue weighted by Gasteiger charge is -2.22. The third-order valence-corrected chi connectivity index (χ3v) is 6.63. The molecule has 1 aromatic carbocycles. The lowest BCUT2D eigenvalue weighted by atomic mass is 9.89. The van der Waals surface area contributed by atoms with Gasteiger partial charge in [-0.25, -0.2) is 8.42 Å². The highest BCUT2D eigenvalue weighted by molar-refractivity contribution is 7.91. The van der Waals surface area contributed by atoms with Crippen LogP contribution in [0.1, 0.15) is 102 Å². The smallest absolute Gasteiger partial charge is 0.178 e. The summed E-state index contributed by atoms with van der Waals surface area (Å²) in [5, 5.41) is 0. The van der Waals surface area contributed by atoms with Gasteiger partial charge in [0.2, 0.25) is 0 Å². The Kier molecular flexibility index (Phi) is 8.40. The monoisotopic (exact) mass is 364 g/mol. The van der Waals surface area contributed by atoms with E-state index >= 15 is 0 Å². The number of unbranched alkanes of at least 4 members (excludes halogenated alkanes) is 3. The Morgan fingerprint density at radius 1 is 0.880 bits per heavy atom. The molecule has 0 spiro atoms. The minimum atomic E-state index is -3.27. The van der Waals surface area contributed by atoms with E-state index in [1.54, 1.807) is 0 Å². The molecule has 25 heavy (non-hydrogen) atoms. The number of sulfone groups is 1. The Bertz CT molecular complexity index is 638. The molecule has 0 saturated heterocycles. The van der Waals surface area contributed by atoms with Crippen LogP contribution in [0.4, 0.5) is 0 Å². The molecule has 0 fully saturated rings. The minimum Gasteiger partial charge on any atom is -0.224 e. The van der Waals surface area contributed by atoms with Gasteiger partial charge in [0.15, 0.2) is 9.84 Å². The fourth-order valence-corrected chi connectivity index (χ4v) is 5.20. The highest BCUT2D eigenvalue weighted by Crippen LogP contribution is 2.35. The summed E-state index contributed by atoms with van der Waals surface area (Å²) in [7, 11) is -3.27. The maximum atomic E-state index is 13.2. The van der Waals surface area contributed by atoms with Crippen LogP contribution in [0.5, 0.6) is 0 Å². The van der Waals surface area contributed by atoms with Gasteiger partial charge in [-0.2, -0.15) is 0 Å². The lowest BCUT2D eigenvalue weighted by Crippen LogP contribution is -2.15. The van der Waals surface area contributed by atoms with Gasteiger partial charge in [-0.3, -0.25) is 0 Å². The summed E-state index contributed by atoms with van der Waals surface area (Å²) in [6.45, 7) is 16.4. The summed E-state index contributed by atoms with van der Waals surface area (Å²) >= 11 is 0. The van der Waals surface area contributed by atoms with Crippen LogP contribution >= 0.6 is 0 Å². The average Bonchev–Trinajstić information content (AvgIpc) is 2.53. The maximum absolute atomic E-state index is 13.2. The first-order valence-electron chi connectivity index (χ1n) is 9.63. The zero-order chi connectivity index (χ0) is 19.2. The molecule has 0 saturated carbocycles. The van der Waals surface area contributed by atoms with Crippen molar-refractivity contribution in [3.63, 3.8) is 0 Å². The number of allylic oxidation sites excluding steroid dienone is 1. The van der Waals surface area contributed by atoms with E-state index in [0.717, 1.165) is 36.8 Å². The molecule has 0 atom stereocenters. The first-order chi connectivity index (χ1) is 11.6.